The van der Waals surface area contributed by atoms with Gasteiger partial charge in [0.05, 0.1) is 17.9 Å². The summed E-state index contributed by atoms with van der Waals surface area (Å²) in [7, 11) is 3.88. The monoisotopic (exact) mass is 834 g/mol. The summed E-state index contributed by atoms with van der Waals surface area (Å²) in [6.45, 7) is 6.32. The van der Waals surface area contributed by atoms with Crippen molar-refractivity contribution in [3.05, 3.63) is 132 Å². The van der Waals surface area contributed by atoms with Crippen LogP contribution in [0.5, 0.6) is 0 Å². The number of imidazole rings is 1. The summed E-state index contributed by atoms with van der Waals surface area (Å²) in [4.78, 5) is 73.1. The van der Waals surface area contributed by atoms with Crippen molar-refractivity contribution in [3.63, 3.8) is 0 Å². The van der Waals surface area contributed by atoms with Crippen LogP contribution >= 0.6 is 0 Å². The van der Waals surface area contributed by atoms with Gasteiger partial charge >= 0.3 is 6.09 Å². The number of rotatable bonds is 11. The molecule has 2 aliphatic rings. The molecule has 0 saturated carbocycles. The van der Waals surface area contributed by atoms with Crippen molar-refractivity contribution in [2.75, 3.05) is 32.5 Å². The van der Waals surface area contributed by atoms with Crippen LogP contribution in [0.15, 0.2) is 115 Å². The number of nitrogens with zero attached hydrogens (tertiary/aromatic N) is 5. The number of H-pyrrole nitrogens is 2. The molecule has 4 N–H and O–H groups in total. The van der Waals surface area contributed by atoms with E-state index in [-0.39, 0.29) is 23.9 Å². The molecule has 2 aliphatic heterocycles. The van der Waals surface area contributed by atoms with Gasteiger partial charge in [0.15, 0.2) is 0 Å². The average molecular weight is 835 g/mol. The summed E-state index contributed by atoms with van der Waals surface area (Å²) in [5, 5.41) is 14.2. The summed E-state index contributed by atoms with van der Waals surface area (Å²) in [5.74, 6) is 0.129. The smallest absolute Gasteiger partial charge is 0.408 e. The topological polar surface area (TPSA) is 158 Å². The predicted octanol–water partition coefficient (Wildman–Crippen LogP) is 8.64. The zero-order chi connectivity index (χ0) is 43.7. The molecule has 0 bridgehead atoms. The van der Waals surface area contributed by atoms with Crippen molar-refractivity contribution in [3.8, 4) is 22.5 Å². The van der Waals surface area contributed by atoms with Crippen molar-refractivity contribution in [2.45, 2.75) is 76.2 Å². The van der Waals surface area contributed by atoms with E-state index in [0.29, 0.717) is 37.2 Å². The van der Waals surface area contributed by atoms with Gasteiger partial charge in [-0.05, 0) is 107 Å². The quantitative estimate of drug-likeness (QED) is 0.102. The van der Waals surface area contributed by atoms with Crippen molar-refractivity contribution in [1.29, 1.82) is 0 Å². The van der Waals surface area contributed by atoms with Crippen LogP contribution in [0.1, 0.15) is 81.5 Å². The zero-order valence-corrected chi connectivity index (χ0v) is 35.8. The van der Waals surface area contributed by atoms with E-state index < -0.39 is 29.6 Å². The molecule has 2 saturated heterocycles. The van der Waals surface area contributed by atoms with Crippen molar-refractivity contribution >= 4 is 40.4 Å². The minimum atomic E-state index is -1.21. The van der Waals surface area contributed by atoms with Crippen molar-refractivity contribution in [2.24, 2.45) is 0 Å². The Morgan fingerprint density at radius 2 is 1.34 bits per heavy atom. The van der Waals surface area contributed by atoms with Crippen LogP contribution in [-0.2, 0) is 14.4 Å². The number of likely N-dealkylation sites (tertiary alicyclic amines) is 2. The summed E-state index contributed by atoms with van der Waals surface area (Å²) in [6, 6.07) is 32.3. The van der Waals surface area contributed by atoms with E-state index >= 15 is 0 Å². The summed E-state index contributed by atoms with van der Waals surface area (Å²) in [6.07, 6.45) is 3.49. The Bertz CT molecular complexity index is 2560. The number of amides is 4. The SMILES string of the molecule is CN(C)[C@@H](C(=O)N1CCC[C@H]1c1ncc(-c2ccc(-c3cc4cc(NC(=O)[C@@H]5CCCN5C(=O)[C@@H](c5ccccc5)N(C(=O)O)C(C)(C)C)ccc4[nH]3)cc2)[nH]1)c1ccccc1. The van der Waals surface area contributed by atoms with Gasteiger partial charge in [-0.15, -0.1) is 0 Å². The Kier molecular flexibility index (Phi) is 11.7. The third-order valence-electron chi connectivity index (χ3n) is 12.1. The molecule has 4 aromatic carbocycles. The molecule has 4 heterocycles. The number of aromatic amines is 2. The summed E-state index contributed by atoms with van der Waals surface area (Å²) >= 11 is 0. The van der Waals surface area contributed by atoms with Gasteiger partial charge in [-0.1, -0.05) is 84.9 Å². The lowest BCUT2D eigenvalue weighted by Crippen LogP contribution is -2.54. The van der Waals surface area contributed by atoms with Gasteiger partial charge in [0, 0.05) is 40.9 Å². The van der Waals surface area contributed by atoms with Crippen LogP contribution in [0.3, 0.4) is 0 Å². The van der Waals surface area contributed by atoms with Gasteiger partial charge < -0.3 is 30.2 Å². The third kappa shape index (κ3) is 8.45. The molecular formula is C49H54N8O5. The molecule has 4 atom stereocenters. The van der Waals surface area contributed by atoms with Gasteiger partial charge in [0.25, 0.3) is 5.91 Å². The van der Waals surface area contributed by atoms with Gasteiger partial charge in [0.1, 0.15) is 23.9 Å². The lowest BCUT2D eigenvalue weighted by atomic mass is 9.97. The van der Waals surface area contributed by atoms with Crippen molar-refractivity contribution in [1.82, 2.24) is 34.6 Å². The number of nitrogens with one attached hydrogen (secondary N) is 3. The van der Waals surface area contributed by atoms with E-state index in [1.54, 1.807) is 45.0 Å². The molecule has 320 valence electrons. The van der Waals surface area contributed by atoms with Gasteiger partial charge in [0.2, 0.25) is 11.8 Å². The Hall–Kier alpha value is -6.73. The number of likely N-dealkylation sites (N-methyl/N-ethyl adjacent to an activating group) is 1. The van der Waals surface area contributed by atoms with Crippen LogP contribution in [0.25, 0.3) is 33.4 Å². The molecule has 6 aromatic rings. The predicted molar refractivity (Wildman–Crippen MR) is 240 cm³/mol. The van der Waals surface area contributed by atoms with E-state index in [4.69, 9.17) is 4.98 Å². The van der Waals surface area contributed by atoms with E-state index in [1.807, 2.05) is 103 Å². The molecule has 13 nitrogen and oxygen atoms in total. The Morgan fingerprint density at radius 1 is 0.742 bits per heavy atom. The van der Waals surface area contributed by atoms with E-state index in [0.717, 1.165) is 57.6 Å². The molecule has 13 heteroatoms. The van der Waals surface area contributed by atoms with Crippen LogP contribution in [0.2, 0.25) is 0 Å². The molecule has 0 aliphatic carbocycles. The second kappa shape index (κ2) is 17.3. The number of benzene rings is 4. The van der Waals surface area contributed by atoms with Gasteiger partial charge in [-0.3, -0.25) is 24.2 Å². The number of carboxylic acid groups (broad SMARTS) is 1. The van der Waals surface area contributed by atoms with Crippen molar-refractivity contribution < 1.29 is 24.3 Å². The zero-order valence-electron chi connectivity index (χ0n) is 35.8. The minimum Gasteiger partial charge on any atom is -0.465 e. The number of fused-ring (bicyclic) bond motifs is 1. The van der Waals surface area contributed by atoms with E-state index in [1.165, 1.54) is 9.80 Å². The van der Waals surface area contributed by atoms with E-state index in [2.05, 4.69) is 27.4 Å². The summed E-state index contributed by atoms with van der Waals surface area (Å²) in [5.41, 5.74) is 5.89. The number of aromatic nitrogens is 3. The fourth-order valence-corrected chi connectivity index (χ4v) is 9.12. The molecule has 4 amide bonds. The molecular weight excluding hydrogens is 781 g/mol. The number of hydrogen-bond donors (Lipinski definition) is 4. The molecule has 62 heavy (non-hydrogen) atoms. The highest BCUT2D eigenvalue weighted by molar-refractivity contribution is 6.00. The lowest BCUT2D eigenvalue weighted by Gasteiger charge is -2.41. The van der Waals surface area contributed by atoms with Crippen LogP contribution in [0.4, 0.5) is 10.5 Å². The number of anilines is 1. The minimum absolute atomic E-state index is 0.0748. The highest BCUT2D eigenvalue weighted by atomic mass is 16.4. The second-order valence-electron chi connectivity index (χ2n) is 17.5. The summed E-state index contributed by atoms with van der Waals surface area (Å²) < 4.78 is 0. The maximum Gasteiger partial charge on any atom is 0.408 e. The Balaban J connectivity index is 0.947. The standard InChI is InChI=1S/C49H54N8O5/c1-49(2,3)57(48(61)62)43(34-16-10-7-11-17-34)47(60)56-27-13-19-41(56)45(58)51-36-24-25-37-35(28-36)29-38(52-37)31-20-22-32(23-21-31)39-30-50-44(53-39)40-18-12-26-55(40)46(59)42(54(4)5)33-14-8-6-9-15-33/h6-11,14-17,20-25,28-30,40-43,52H,12-13,18-19,26-27H2,1-5H3,(H,50,53)(H,51,58)(H,61,62)/t40-,41-,42+,43+/m0/s1. The molecule has 2 aromatic heterocycles. The Morgan fingerprint density at radius 3 is 1.97 bits per heavy atom. The number of hydrogen-bond acceptors (Lipinski definition) is 6. The fourth-order valence-electron chi connectivity index (χ4n) is 9.12. The second-order valence-corrected chi connectivity index (χ2v) is 17.5. The van der Waals surface area contributed by atoms with Gasteiger partial charge in [-0.2, -0.15) is 0 Å². The number of carbonyl (C=O) groups is 4. The van der Waals surface area contributed by atoms with Crippen LogP contribution < -0.4 is 5.32 Å². The largest absolute Gasteiger partial charge is 0.465 e. The number of carbonyl (C=O) groups excluding carboxylic acids is 3. The first-order valence-corrected chi connectivity index (χ1v) is 21.3. The molecule has 0 spiro atoms. The Labute approximate surface area is 361 Å². The lowest BCUT2D eigenvalue weighted by molar-refractivity contribution is -0.142. The molecule has 2 fully saturated rings. The van der Waals surface area contributed by atoms with E-state index in [9.17, 15) is 24.3 Å². The maximum atomic E-state index is 14.3. The molecule has 8 rings (SSSR count). The first-order valence-electron chi connectivity index (χ1n) is 21.3. The van der Waals surface area contributed by atoms with Crippen LogP contribution in [0, 0.1) is 0 Å². The highest BCUT2D eigenvalue weighted by Gasteiger charge is 2.44. The average Bonchev–Trinajstić information content (AvgIpc) is 4.09. The highest BCUT2D eigenvalue weighted by Crippen LogP contribution is 2.37. The van der Waals surface area contributed by atoms with Crippen LogP contribution in [-0.4, -0.2) is 102 Å². The normalized spacial score (nSPS) is 17.6. The third-order valence-corrected chi connectivity index (χ3v) is 12.1. The fraction of sp³-hybridized carbons (Fsp3) is 0.327. The first-order chi connectivity index (χ1) is 29.8. The van der Waals surface area contributed by atoms with Gasteiger partial charge in [-0.25, -0.2) is 9.78 Å². The first kappa shape index (κ1) is 42.0. The maximum absolute atomic E-state index is 14.3. The molecule has 0 radical (unpaired) electrons. The molecule has 0 unspecified atom stereocenters.